The average molecular weight is 445 g/mol. The molecule has 0 aliphatic carbocycles. The lowest BCUT2D eigenvalue weighted by atomic mass is 9.90. The van der Waals surface area contributed by atoms with Gasteiger partial charge in [-0.15, -0.1) is 0 Å². The fraction of sp³-hybridized carbons (Fsp3) is 0.167. The summed E-state index contributed by atoms with van der Waals surface area (Å²) in [7, 11) is 1.57. The maximum Gasteiger partial charge on any atom is 0.269 e. The maximum absolute atomic E-state index is 13.5. The van der Waals surface area contributed by atoms with Gasteiger partial charge < -0.3 is 4.74 Å². The average Bonchev–Trinajstić information content (AvgIpc) is 3.35. The van der Waals surface area contributed by atoms with Gasteiger partial charge in [-0.25, -0.2) is 9.96 Å². The Morgan fingerprint density at radius 1 is 0.879 bits per heavy atom. The second kappa shape index (κ2) is 8.03. The molecule has 3 atom stereocenters. The molecule has 0 aromatic heterocycles. The Kier molecular flexibility index (Phi) is 5.02. The van der Waals surface area contributed by atoms with Crippen LogP contribution in [0, 0.1) is 16.0 Å². The van der Waals surface area contributed by atoms with Crippen molar-refractivity contribution in [2.45, 2.75) is 12.1 Å². The molecule has 2 saturated heterocycles. The molecule has 9 heteroatoms. The molecule has 9 nitrogen and oxygen atoms in total. The smallest absolute Gasteiger partial charge is 0.269 e. The van der Waals surface area contributed by atoms with Crippen molar-refractivity contribution >= 4 is 28.9 Å². The van der Waals surface area contributed by atoms with E-state index in [0.29, 0.717) is 5.75 Å². The van der Waals surface area contributed by atoms with Crippen LogP contribution in [0.4, 0.5) is 17.1 Å². The van der Waals surface area contributed by atoms with Crippen LogP contribution < -0.4 is 14.7 Å². The number of nitrogens with zero attached hydrogens (tertiary/aromatic N) is 3. The van der Waals surface area contributed by atoms with Gasteiger partial charge in [-0.05, 0) is 42.0 Å². The van der Waals surface area contributed by atoms with Gasteiger partial charge in [0.1, 0.15) is 11.7 Å². The first kappa shape index (κ1) is 20.7. The topological polar surface area (TPSA) is 102 Å². The summed E-state index contributed by atoms with van der Waals surface area (Å²) in [4.78, 5) is 44.4. The van der Waals surface area contributed by atoms with Gasteiger partial charge >= 0.3 is 0 Å². The second-order valence-corrected chi connectivity index (χ2v) is 7.72. The second-order valence-electron chi connectivity index (χ2n) is 7.72. The molecule has 3 aromatic carbocycles. The summed E-state index contributed by atoms with van der Waals surface area (Å²) in [6.45, 7) is 0. The highest BCUT2D eigenvalue weighted by Crippen LogP contribution is 2.47. The monoisotopic (exact) mass is 445 g/mol. The third kappa shape index (κ3) is 3.39. The minimum absolute atomic E-state index is 0.124. The number of para-hydroxylation sites is 1. The van der Waals surface area contributed by atoms with E-state index >= 15 is 0 Å². The number of nitro groups is 1. The summed E-state index contributed by atoms with van der Waals surface area (Å²) < 4.78 is 5.25. The van der Waals surface area contributed by atoms with Crippen molar-refractivity contribution in [1.82, 2.24) is 0 Å². The van der Waals surface area contributed by atoms with Crippen molar-refractivity contribution in [3.63, 3.8) is 0 Å². The number of ether oxygens (including phenoxy) is 1. The molecule has 0 bridgehead atoms. The van der Waals surface area contributed by atoms with Gasteiger partial charge in [-0.3, -0.25) is 24.5 Å². The van der Waals surface area contributed by atoms with Crippen LogP contribution in [-0.4, -0.2) is 30.0 Å². The van der Waals surface area contributed by atoms with E-state index in [2.05, 4.69) is 0 Å². The summed E-state index contributed by atoms with van der Waals surface area (Å²) >= 11 is 0. The van der Waals surface area contributed by atoms with E-state index in [1.54, 1.807) is 24.3 Å². The molecule has 2 amide bonds. The third-order valence-electron chi connectivity index (χ3n) is 5.90. The number of anilines is 2. The zero-order chi connectivity index (χ0) is 23.1. The predicted molar refractivity (Wildman–Crippen MR) is 119 cm³/mol. The fourth-order valence-corrected chi connectivity index (χ4v) is 4.33. The highest BCUT2D eigenvalue weighted by Gasteiger charge is 2.60. The Labute approximate surface area is 188 Å². The molecule has 0 spiro atoms. The summed E-state index contributed by atoms with van der Waals surface area (Å²) in [5.41, 5.74) is 1.66. The molecule has 166 valence electrons. The molecule has 0 saturated carbocycles. The van der Waals surface area contributed by atoms with E-state index in [0.717, 1.165) is 16.2 Å². The first-order valence-electron chi connectivity index (χ1n) is 10.3. The fourth-order valence-electron chi connectivity index (χ4n) is 4.33. The third-order valence-corrected chi connectivity index (χ3v) is 5.90. The number of carbonyl (C=O) groups is 2. The number of non-ortho nitro benzene ring substituents is 1. The van der Waals surface area contributed by atoms with E-state index < -0.39 is 34.8 Å². The summed E-state index contributed by atoms with van der Waals surface area (Å²) in [5, 5.41) is 12.6. The molecule has 2 aliphatic rings. The van der Waals surface area contributed by atoms with Crippen molar-refractivity contribution in [2.24, 2.45) is 5.92 Å². The van der Waals surface area contributed by atoms with Gasteiger partial charge in [-0.1, -0.05) is 30.3 Å². The quantitative estimate of drug-likeness (QED) is 0.336. The Bertz CT molecular complexity index is 1210. The number of hydrogen-bond acceptors (Lipinski definition) is 7. The van der Waals surface area contributed by atoms with Gasteiger partial charge in [0.25, 0.3) is 11.6 Å². The van der Waals surface area contributed by atoms with Crippen LogP contribution in [0.1, 0.15) is 11.6 Å². The van der Waals surface area contributed by atoms with E-state index in [9.17, 15) is 19.7 Å². The van der Waals surface area contributed by atoms with Crippen molar-refractivity contribution in [3.8, 4) is 5.75 Å². The molecule has 0 unspecified atom stereocenters. The van der Waals surface area contributed by atoms with E-state index in [1.807, 2.05) is 42.5 Å². The number of rotatable bonds is 5. The summed E-state index contributed by atoms with van der Waals surface area (Å²) in [6.07, 6.45) is -1.01. The number of amides is 2. The molecule has 5 rings (SSSR count). The molecule has 2 aliphatic heterocycles. The lowest BCUT2D eigenvalue weighted by molar-refractivity contribution is -0.384. The summed E-state index contributed by atoms with van der Waals surface area (Å²) in [5.74, 6) is -1.04. The predicted octanol–water partition coefficient (Wildman–Crippen LogP) is 3.65. The van der Waals surface area contributed by atoms with Gasteiger partial charge in [0, 0.05) is 12.1 Å². The molecule has 3 aromatic rings. The first-order valence-corrected chi connectivity index (χ1v) is 10.3. The number of methoxy groups -OCH3 is 1. The molecule has 2 heterocycles. The van der Waals surface area contributed by atoms with Gasteiger partial charge in [-0.2, -0.15) is 0 Å². The normalized spacial score (nSPS) is 21.9. The van der Waals surface area contributed by atoms with Crippen molar-refractivity contribution in [1.29, 1.82) is 0 Å². The van der Waals surface area contributed by atoms with Crippen LogP contribution in [-0.2, 0) is 14.4 Å². The van der Waals surface area contributed by atoms with Crippen LogP contribution in [0.5, 0.6) is 5.75 Å². The van der Waals surface area contributed by atoms with E-state index in [4.69, 9.17) is 9.57 Å². The van der Waals surface area contributed by atoms with Gasteiger partial charge in [0.05, 0.1) is 29.4 Å². The van der Waals surface area contributed by atoms with Crippen molar-refractivity contribution in [3.05, 3.63) is 94.5 Å². The number of benzene rings is 3. The van der Waals surface area contributed by atoms with Crippen LogP contribution in [0.2, 0.25) is 0 Å². The Balaban J connectivity index is 1.54. The molecule has 2 fully saturated rings. The minimum Gasteiger partial charge on any atom is -0.497 e. The number of imide groups is 1. The molecule has 33 heavy (non-hydrogen) atoms. The zero-order valence-electron chi connectivity index (χ0n) is 17.5. The van der Waals surface area contributed by atoms with Crippen LogP contribution in [0.15, 0.2) is 78.9 Å². The number of fused-ring (bicyclic) bond motifs is 1. The Morgan fingerprint density at radius 2 is 1.55 bits per heavy atom. The van der Waals surface area contributed by atoms with E-state index in [-0.39, 0.29) is 11.4 Å². The lowest BCUT2D eigenvalue weighted by Gasteiger charge is -2.28. The van der Waals surface area contributed by atoms with Crippen molar-refractivity contribution in [2.75, 3.05) is 17.1 Å². The number of nitro benzene ring substituents is 1. The largest absolute Gasteiger partial charge is 0.497 e. The number of hydroxylamine groups is 1. The molecule has 0 N–H and O–H groups in total. The Hall–Kier alpha value is -4.24. The standard InChI is InChI=1S/C24H19N3O6/c1-32-19-13-7-15(8-14-19)21-20-22(33-26(21)17-5-3-2-4-6-17)24(29)25(23(20)28)16-9-11-18(12-10-16)27(30)31/h2-14,20-22H,1H3/t20-,21+,22-/m0/s1. The van der Waals surface area contributed by atoms with Crippen LogP contribution in [0.3, 0.4) is 0 Å². The lowest BCUT2D eigenvalue weighted by Crippen LogP contribution is -2.37. The first-order chi connectivity index (χ1) is 16.0. The minimum atomic E-state index is -1.01. The molecular formula is C24H19N3O6. The number of carbonyl (C=O) groups excluding carboxylic acids is 2. The number of hydrogen-bond donors (Lipinski definition) is 0. The zero-order valence-corrected chi connectivity index (χ0v) is 17.5. The van der Waals surface area contributed by atoms with E-state index in [1.165, 1.54) is 24.3 Å². The SMILES string of the molecule is COc1ccc([C@@H]2[C@@H]3C(=O)N(c4ccc([N+](=O)[O-])cc4)C(=O)[C@H]3ON2c2ccccc2)cc1. The highest BCUT2D eigenvalue weighted by atomic mass is 16.7. The maximum atomic E-state index is 13.5. The molecule has 0 radical (unpaired) electrons. The van der Waals surface area contributed by atoms with Crippen LogP contribution >= 0.6 is 0 Å². The highest BCUT2D eigenvalue weighted by molar-refractivity contribution is 6.23. The van der Waals surface area contributed by atoms with Gasteiger partial charge in [0.2, 0.25) is 5.91 Å². The Morgan fingerprint density at radius 3 is 2.15 bits per heavy atom. The van der Waals surface area contributed by atoms with Crippen molar-refractivity contribution < 1.29 is 24.1 Å². The van der Waals surface area contributed by atoms with Gasteiger partial charge in [0.15, 0.2) is 6.10 Å². The van der Waals surface area contributed by atoms with Crippen LogP contribution in [0.25, 0.3) is 0 Å². The summed E-state index contributed by atoms with van der Waals surface area (Å²) in [6, 6.07) is 21.3. The molecular weight excluding hydrogens is 426 g/mol.